The first-order valence-corrected chi connectivity index (χ1v) is 6.28. The van der Waals surface area contributed by atoms with Crippen LogP contribution in [-0.2, 0) is 0 Å². The zero-order valence-corrected chi connectivity index (χ0v) is 10.1. The van der Waals surface area contributed by atoms with Crippen molar-refractivity contribution in [2.75, 3.05) is 0 Å². The molecule has 1 aromatic heterocycles. The molecule has 0 spiro atoms. The van der Waals surface area contributed by atoms with Crippen molar-refractivity contribution < 1.29 is 0 Å². The fraction of sp³-hybridized carbons (Fsp3) is 0.385. The maximum Gasteiger partial charge on any atom is 0.0346 e. The van der Waals surface area contributed by atoms with Gasteiger partial charge < -0.3 is 5.73 Å². The normalized spacial score (nSPS) is 13.6. The molecule has 2 aromatic rings. The second-order valence-corrected chi connectivity index (χ2v) is 5.33. The van der Waals surface area contributed by atoms with Crippen LogP contribution in [0.25, 0.3) is 10.1 Å². The Morgan fingerprint density at radius 2 is 2.00 bits per heavy atom. The fourth-order valence-corrected chi connectivity index (χ4v) is 2.95. The second kappa shape index (κ2) is 4.33. The third kappa shape index (κ3) is 2.21. The molecule has 0 aliphatic heterocycles. The van der Waals surface area contributed by atoms with Gasteiger partial charge in [0.05, 0.1) is 0 Å². The van der Waals surface area contributed by atoms with Gasteiger partial charge >= 0.3 is 0 Å². The Morgan fingerprint density at radius 3 is 2.73 bits per heavy atom. The molecule has 2 rings (SSSR count). The van der Waals surface area contributed by atoms with Gasteiger partial charge in [-0.2, -0.15) is 0 Å². The van der Waals surface area contributed by atoms with E-state index in [9.17, 15) is 0 Å². The predicted octanol–water partition coefficient (Wildman–Crippen LogP) is 3.95. The van der Waals surface area contributed by atoms with Gasteiger partial charge in [0.2, 0.25) is 0 Å². The largest absolute Gasteiger partial charge is 0.324 e. The van der Waals surface area contributed by atoms with Crippen molar-refractivity contribution in [1.82, 2.24) is 0 Å². The monoisotopic (exact) mass is 219 g/mol. The molecule has 2 N–H and O–H groups in total. The highest BCUT2D eigenvalue weighted by atomic mass is 32.1. The first kappa shape index (κ1) is 10.7. The molecular weight excluding hydrogens is 202 g/mol. The van der Waals surface area contributed by atoms with E-state index in [2.05, 4.69) is 43.5 Å². The summed E-state index contributed by atoms with van der Waals surface area (Å²) in [7, 11) is 0. The number of nitrogens with two attached hydrogens (primary N) is 1. The molecule has 0 amide bonds. The van der Waals surface area contributed by atoms with Gasteiger partial charge in [-0.25, -0.2) is 0 Å². The number of hydrogen-bond acceptors (Lipinski definition) is 2. The molecule has 0 aliphatic carbocycles. The summed E-state index contributed by atoms with van der Waals surface area (Å²) in [6.45, 7) is 4.43. The maximum atomic E-state index is 6.21. The summed E-state index contributed by atoms with van der Waals surface area (Å²) in [5.41, 5.74) is 7.52. The van der Waals surface area contributed by atoms with Crippen LogP contribution in [0.1, 0.15) is 31.9 Å². The van der Waals surface area contributed by atoms with E-state index in [1.165, 1.54) is 15.6 Å². The molecule has 1 heterocycles. The molecule has 0 saturated carbocycles. The zero-order valence-electron chi connectivity index (χ0n) is 9.23. The van der Waals surface area contributed by atoms with E-state index in [0.29, 0.717) is 5.92 Å². The smallest absolute Gasteiger partial charge is 0.0346 e. The molecule has 0 fully saturated rings. The first-order valence-electron chi connectivity index (χ1n) is 5.40. The van der Waals surface area contributed by atoms with E-state index in [0.717, 1.165) is 6.42 Å². The average Bonchev–Trinajstić information content (AvgIpc) is 2.59. The van der Waals surface area contributed by atoms with Crippen LogP contribution in [0.4, 0.5) is 0 Å². The summed E-state index contributed by atoms with van der Waals surface area (Å²) >= 11 is 1.79. The van der Waals surface area contributed by atoms with E-state index in [1.54, 1.807) is 11.3 Å². The van der Waals surface area contributed by atoms with E-state index in [1.807, 2.05) is 0 Å². The number of hydrogen-bond donors (Lipinski definition) is 1. The summed E-state index contributed by atoms with van der Waals surface area (Å²) in [5, 5.41) is 3.54. The number of fused-ring (bicyclic) bond motifs is 1. The molecule has 0 aliphatic rings. The minimum absolute atomic E-state index is 0.182. The lowest BCUT2D eigenvalue weighted by atomic mass is 9.97. The van der Waals surface area contributed by atoms with Gasteiger partial charge in [0.1, 0.15) is 0 Å². The highest BCUT2D eigenvalue weighted by Crippen LogP contribution is 2.31. The summed E-state index contributed by atoms with van der Waals surface area (Å²) in [6.07, 6.45) is 1.06. The lowest BCUT2D eigenvalue weighted by molar-refractivity contribution is 0.512. The van der Waals surface area contributed by atoms with Crippen molar-refractivity contribution in [3.63, 3.8) is 0 Å². The quantitative estimate of drug-likeness (QED) is 0.831. The molecule has 2 heteroatoms. The van der Waals surface area contributed by atoms with Gasteiger partial charge in [0.15, 0.2) is 0 Å². The van der Waals surface area contributed by atoms with E-state index in [4.69, 9.17) is 5.73 Å². The number of thiophene rings is 1. The van der Waals surface area contributed by atoms with Crippen molar-refractivity contribution in [2.45, 2.75) is 26.3 Å². The fourth-order valence-electron chi connectivity index (χ4n) is 1.92. The molecule has 0 bridgehead atoms. The van der Waals surface area contributed by atoms with Crippen molar-refractivity contribution in [3.8, 4) is 0 Å². The van der Waals surface area contributed by atoms with Gasteiger partial charge in [-0.05, 0) is 34.7 Å². The van der Waals surface area contributed by atoms with E-state index >= 15 is 0 Å². The van der Waals surface area contributed by atoms with Crippen molar-refractivity contribution in [1.29, 1.82) is 0 Å². The van der Waals surface area contributed by atoms with Crippen LogP contribution in [0.15, 0.2) is 29.6 Å². The van der Waals surface area contributed by atoms with Gasteiger partial charge in [-0.3, -0.25) is 0 Å². The number of benzene rings is 1. The van der Waals surface area contributed by atoms with Crippen LogP contribution >= 0.6 is 11.3 Å². The third-order valence-electron chi connectivity index (χ3n) is 2.64. The lowest BCUT2D eigenvalue weighted by Crippen LogP contribution is -2.12. The Bertz CT molecular complexity index is 444. The van der Waals surface area contributed by atoms with Gasteiger partial charge in [-0.1, -0.05) is 32.0 Å². The third-order valence-corrected chi connectivity index (χ3v) is 3.62. The molecule has 0 radical (unpaired) electrons. The Labute approximate surface area is 94.9 Å². The van der Waals surface area contributed by atoms with Crippen molar-refractivity contribution in [2.24, 2.45) is 11.7 Å². The highest BCUT2D eigenvalue weighted by molar-refractivity contribution is 7.17. The van der Waals surface area contributed by atoms with E-state index in [-0.39, 0.29) is 6.04 Å². The minimum Gasteiger partial charge on any atom is -0.324 e. The van der Waals surface area contributed by atoms with Crippen LogP contribution in [0.3, 0.4) is 0 Å². The number of rotatable bonds is 3. The SMILES string of the molecule is CC(C)CC(N)c1csc2ccccc12. The van der Waals surface area contributed by atoms with Crippen LogP contribution < -0.4 is 5.73 Å². The summed E-state index contributed by atoms with van der Waals surface area (Å²) in [4.78, 5) is 0. The van der Waals surface area contributed by atoms with E-state index < -0.39 is 0 Å². The van der Waals surface area contributed by atoms with Crippen LogP contribution in [0, 0.1) is 5.92 Å². The van der Waals surface area contributed by atoms with Crippen molar-refractivity contribution >= 4 is 21.4 Å². The molecule has 1 atom stereocenters. The standard InChI is InChI=1S/C13H17NS/c1-9(2)7-12(14)11-8-15-13-6-4-3-5-10(11)13/h3-6,8-9,12H,7,14H2,1-2H3. The minimum atomic E-state index is 0.182. The molecule has 80 valence electrons. The molecule has 15 heavy (non-hydrogen) atoms. The van der Waals surface area contributed by atoms with Crippen LogP contribution in [0.2, 0.25) is 0 Å². The van der Waals surface area contributed by atoms with Gasteiger partial charge in [0, 0.05) is 10.7 Å². The molecule has 1 nitrogen and oxygen atoms in total. The molecular formula is C13H17NS. The Morgan fingerprint density at radius 1 is 1.27 bits per heavy atom. The lowest BCUT2D eigenvalue weighted by Gasteiger charge is -2.13. The summed E-state index contributed by atoms with van der Waals surface area (Å²) in [6, 6.07) is 8.67. The molecule has 0 saturated heterocycles. The maximum absolute atomic E-state index is 6.21. The topological polar surface area (TPSA) is 26.0 Å². The first-order chi connectivity index (χ1) is 7.18. The summed E-state index contributed by atoms with van der Waals surface area (Å²) in [5.74, 6) is 0.652. The Hall–Kier alpha value is -0.860. The molecule has 1 unspecified atom stereocenters. The van der Waals surface area contributed by atoms with Crippen LogP contribution in [-0.4, -0.2) is 0 Å². The summed E-state index contributed by atoms with van der Waals surface area (Å²) < 4.78 is 1.34. The highest BCUT2D eigenvalue weighted by Gasteiger charge is 2.12. The van der Waals surface area contributed by atoms with Gasteiger partial charge in [-0.15, -0.1) is 11.3 Å². The van der Waals surface area contributed by atoms with Crippen molar-refractivity contribution in [3.05, 3.63) is 35.2 Å². The van der Waals surface area contributed by atoms with Gasteiger partial charge in [0.25, 0.3) is 0 Å². The second-order valence-electron chi connectivity index (χ2n) is 4.42. The van der Waals surface area contributed by atoms with Crippen LogP contribution in [0.5, 0.6) is 0 Å². The Kier molecular flexibility index (Phi) is 3.08. The molecule has 1 aromatic carbocycles. The average molecular weight is 219 g/mol. The predicted molar refractivity (Wildman–Crippen MR) is 68.2 cm³/mol. The Balaban J connectivity index is 2.35. The zero-order chi connectivity index (χ0) is 10.8.